The smallest absolute Gasteiger partial charge is 0.273 e. The first-order valence-corrected chi connectivity index (χ1v) is 10.8. The number of halogens is 2. The summed E-state index contributed by atoms with van der Waals surface area (Å²) < 4.78 is 15.0. The SMILES string of the molecule is O=C(NCC1CC(=O)N(Cc2ccc(F)c(Cl)c2)C1)c1cn(CCc2ccccc2)nn1. The highest BCUT2D eigenvalue weighted by Crippen LogP contribution is 2.22. The average molecular weight is 456 g/mol. The van der Waals surface area contributed by atoms with E-state index in [4.69, 9.17) is 11.6 Å². The van der Waals surface area contributed by atoms with Crippen LogP contribution in [0.15, 0.2) is 54.7 Å². The molecule has 32 heavy (non-hydrogen) atoms. The van der Waals surface area contributed by atoms with E-state index in [0.717, 1.165) is 12.0 Å². The third-order valence-electron chi connectivity index (χ3n) is 5.45. The second-order valence-corrected chi connectivity index (χ2v) is 8.31. The highest BCUT2D eigenvalue weighted by atomic mass is 35.5. The molecule has 0 bridgehead atoms. The molecule has 1 atom stereocenters. The van der Waals surface area contributed by atoms with Gasteiger partial charge in [0, 0.05) is 38.5 Å². The van der Waals surface area contributed by atoms with Crippen molar-refractivity contribution in [1.82, 2.24) is 25.2 Å². The number of aromatic nitrogens is 3. The maximum atomic E-state index is 13.3. The second kappa shape index (κ2) is 9.91. The lowest BCUT2D eigenvalue weighted by Crippen LogP contribution is -2.31. The van der Waals surface area contributed by atoms with E-state index in [1.807, 2.05) is 30.3 Å². The van der Waals surface area contributed by atoms with Crippen LogP contribution in [0.1, 0.15) is 28.0 Å². The standard InChI is InChI=1S/C23H23ClFN5O2/c24-19-10-17(6-7-20(19)25)13-29-14-18(11-22(29)31)12-26-23(32)21-15-30(28-27-21)9-8-16-4-2-1-3-5-16/h1-7,10,15,18H,8-9,11-14H2,(H,26,32). The maximum Gasteiger partial charge on any atom is 0.273 e. The normalized spacial score (nSPS) is 15.9. The Labute approximate surface area is 190 Å². The Morgan fingerprint density at radius 1 is 1.19 bits per heavy atom. The molecule has 0 saturated carbocycles. The Kier molecular flexibility index (Phi) is 6.80. The molecule has 3 aromatic rings. The summed E-state index contributed by atoms with van der Waals surface area (Å²) >= 11 is 5.82. The summed E-state index contributed by atoms with van der Waals surface area (Å²) in [6, 6.07) is 14.5. The molecule has 1 unspecified atom stereocenters. The minimum Gasteiger partial charge on any atom is -0.350 e. The van der Waals surface area contributed by atoms with Crippen LogP contribution in [0.3, 0.4) is 0 Å². The largest absolute Gasteiger partial charge is 0.350 e. The van der Waals surface area contributed by atoms with Crippen molar-refractivity contribution in [2.45, 2.75) is 25.9 Å². The van der Waals surface area contributed by atoms with Gasteiger partial charge in [-0.3, -0.25) is 14.3 Å². The van der Waals surface area contributed by atoms with Gasteiger partial charge in [0.05, 0.1) is 11.2 Å². The predicted octanol–water partition coefficient (Wildman–Crippen LogP) is 3.09. The van der Waals surface area contributed by atoms with Crippen molar-refractivity contribution < 1.29 is 14.0 Å². The monoisotopic (exact) mass is 455 g/mol. The topological polar surface area (TPSA) is 80.1 Å². The first-order chi connectivity index (χ1) is 15.5. The van der Waals surface area contributed by atoms with Gasteiger partial charge >= 0.3 is 0 Å². The predicted molar refractivity (Wildman–Crippen MR) is 117 cm³/mol. The lowest BCUT2D eigenvalue weighted by atomic mass is 10.1. The van der Waals surface area contributed by atoms with Gasteiger partial charge in [-0.2, -0.15) is 0 Å². The number of hydrogen-bond acceptors (Lipinski definition) is 4. The lowest BCUT2D eigenvalue weighted by molar-refractivity contribution is -0.128. The molecule has 4 rings (SSSR count). The quantitative estimate of drug-likeness (QED) is 0.566. The zero-order valence-corrected chi connectivity index (χ0v) is 18.1. The van der Waals surface area contributed by atoms with Crippen LogP contribution in [0.25, 0.3) is 0 Å². The molecule has 0 radical (unpaired) electrons. The minimum atomic E-state index is -0.485. The molecule has 1 N–H and O–H groups in total. The Balaban J connectivity index is 1.25. The molecule has 0 aliphatic carbocycles. The van der Waals surface area contributed by atoms with Gasteiger partial charge in [-0.25, -0.2) is 4.39 Å². The molecular formula is C23H23ClFN5O2. The first-order valence-electron chi connectivity index (χ1n) is 10.4. The van der Waals surface area contributed by atoms with Crippen molar-refractivity contribution in [3.8, 4) is 0 Å². The minimum absolute atomic E-state index is 0.00319. The van der Waals surface area contributed by atoms with E-state index in [2.05, 4.69) is 15.6 Å². The summed E-state index contributed by atoms with van der Waals surface area (Å²) in [5, 5.41) is 10.9. The van der Waals surface area contributed by atoms with E-state index in [0.29, 0.717) is 32.6 Å². The van der Waals surface area contributed by atoms with Gasteiger partial charge in [0.2, 0.25) is 5.91 Å². The Hall–Kier alpha value is -3.26. The number of aryl methyl sites for hydroxylation is 2. The van der Waals surface area contributed by atoms with Crippen LogP contribution in [-0.2, 0) is 24.3 Å². The van der Waals surface area contributed by atoms with Gasteiger partial charge in [0.25, 0.3) is 5.91 Å². The molecule has 1 aliphatic rings. The molecule has 0 spiro atoms. The van der Waals surface area contributed by atoms with E-state index >= 15 is 0 Å². The molecule has 2 heterocycles. The van der Waals surface area contributed by atoms with Gasteiger partial charge < -0.3 is 10.2 Å². The van der Waals surface area contributed by atoms with Gasteiger partial charge in [0.15, 0.2) is 5.69 Å². The number of likely N-dealkylation sites (tertiary alicyclic amines) is 1. The summed E-state index contributed by atoms with van der Waals surface area (Å²) in [6.45, 7) is 1.86. The van der Waals surface area contributed by atoms with Crippen LogP contribution >= 0.6 is 11.6 Å². The summed E-state index contributed by atoms with van der Waals surface area (Å²) in [4.78, 5) is 26.5. The van der Waals surface area contributed by atoms with Crippen molar-refractivity contribution in [3.63, 3.8) is 0 Å². The fraction of sp³-hybridized carbons (Fsp3) is 0.304. The number of benzene rings is 2. The highest BCUT2D eigenvalue weighted by molar-refractivity contribution is 6.30. The zero-order valence-electron chi connectivity index (χ0n) is 17.4. The van der Waals surface area contributed by atoms with Crippen molar-refractivity contribution in [3.05, 3.63) is 82.4 Å². The Bertz CT molecular complexity index is 1100. The molecule has 7 nitrogen and oxygen atoms in total. The van der Waals surface area contributed by atoms with Crippen molar-refractivity contribution in [2.75, 3.05) is 13.1 Å². The molecule has 9 heteroatoms. The number of hydrogen-bond donors (Lipinski definition) is 1. The number of nitrogens with zero attached hydrogens (tertiary/aromatic N) is 4. The van der Waals surface area contributed by atoms with Gasteiger partial charge in [0.1, 0.15) is 5.82 Å². The van der Waals surface area contributed by atoms with Gasteiger partial charge in [-0.1, -0.05) is 53.2 Å². The third kappa shape index (κ3) is 5.50. The zero-order chi connectivity index (χ0) is 22.5. The number of carbonyl (C=O) groups is 2. The van der Waals surface area contributed by atoms with E-state index < -0.39 is 5.82 Å². The summed E-state index contributed by atoms with van der Waals surface area (Å²) in [5.41, 5.74) is 2.20. The highest BCUT2D eigenvalue weighted by Gasteiger charge is 2.30. The molecule has 2 amide bonds. The lowest BCUT2D eigenvalue weighted by Gasteiger charge is -2.17. The van der Waals surface area contributed by atoms with Gasteiger partial charge in [-0.15, -0.1) is 5.10 Å². The van der Waals surface area contributed by atoms with E-state index in [9.17, 15) is 14.0 Å². The molecule has 166 valence electrons. The van der Waals surface area contributed by atoms with Crippen molar-refractivity contribution >= 4 is 23.4 Å². The fourth-order valence-electron chi connectivity index (χ4n) is 3.73. The number of nitrogens with one attached hydrogen (secondary N) is 1. The summed E-state index contributed by atoms with van der Waals surface area (Å²) in [5.74, 6) is -0.806. The van der Waals surface area contributed by atoms with Crippen LogP contribution in [0, 0.1) is 11.7 Å². The maximum absolute atomic E-state index is 13.3. The summed E-state index contributed by atoms with van der Waals surface area (Å²) in [7, 11) is 0. The molecule has 2 aromatic carbocycles. The Morgan fingerprint density at radius 2 is 2.00 bits per heavy atom. The van der Waals surface area contributed by atoms with Crippen LogP contribution < -0.4 is 5.32 Å². The average Bonchev–Trinajstić information content (AvgIpc) is 3.41. The molecule has 1 aromatic heterocycles. The van der Waals surface area contributed by atoms with E-state index in [1.165, 1.54) is 17.7 Å². The summed E-state index contributed by atoms with van der Waals surface area (Å²) in [6.07, 6.45) is 2.77. The van der Waals surface area contributed by atoms with E-state index in [-0.39, 0.29) is 28.4 Å². The number of amides is 2. The van der Waals surface area contributed by atoms with Crippen molar-refractivity contribution in [2.24, 2.45) is 5.92 Å². The van der Waals surface area contributed by atoms with Crippen molar-refractivity contribution in [1.29, 1.82) is 0 Å². The Morgan fingerprint density at radius 3 is 2.78 bits per heavy atom. The number of carbonyl (C=O) groups excluding carboxylic acids is 2. The van der Waals surface area contributed by atoms with Crippen LogP contribution in [-0.4, -0.2) is 44.8 Å². The molecule has 1 aliphatic heterocycles. The molecule has 1 saturated heterocycles. The van der Waals surface area contributed by atoms with E-state index in [1.54, 1.807) is 21.8 Å². The van der Waals surface area contributed by atoms with Crippen LogP contribution in [0.5, 0.6) is 0 Å². The fourth-order valence-corrected chi connectivity index (χ4v) is 3.93. The second-order valence-electron chi connectivity index (χ2n) is 7.91. The van der Waals surface area contributed by atoms with Crippen LogP contribution in [0.4, 0.5) is 4.39 Å². The van der Waals surface area contributed by atoms with Crippen LogP contribution in [0.2, 0.25) is 5.02 Å². The molecule has 1 fully saturated rings. The first kappa shape index (κ1) is 22.0. The molecular weight excluding hydrogens is 433 g/mol. The third-order valence-corrected chi connectivity index (χ3v) is 5.74. The van der Waals surface area contributed by atoms with Gasteiger partial charge in [-0.05, 0) is 29.7 Å². The number of rotatable bonds is 8.